The van der Waals surface area contributed by atoms with Gasteiger partial charge in [0.15, 0.2) is 6.29 Å². The third-order valence-electron chi connectivity index (χ3n) is 5.80. The summed E-state index contributed by atoms with van der Waals surface area (Å²) in [6, 6.07) is 0. The van der Waals surface area contributed by atoms with Crippen LogP contribution in [0.15, 0.2) is 0 Å². The normalized spacial score (nSPS) is 52.6. The van der Waals surface area contributed by atoms with Gasteiger partial charge in [-0.25, -0.2) is 0 Å². The van der Waals surface area contributed by atoms with Crippen LogP contribution in [0.25, 0.3) is 0 Å². The van der Waals surface area contributed by atoms with Crippen molar-refractivity contribution < 1.29 is 34.6 Å². The summed E-state index contributed by atoms with van der Waals surface area (Å²) in [5.74, 6) is 0.360. The molecule has 3 heterocycles. The first-order valence-electron chi connectivity index (χ1n) is 8.34. The summed E-state index contributed by atoms with van der Waals surface area (Å²) >= 11 is 0. The van der Waals surface area contributed by atoms with Crippen molar-refractivity contribution in [2.75, 3.05) is 6.61 Å². The highest BCUT2D eigenvalue weighted by Crippen LogP contribution is 2.51. The third kappa shape index (κ3) is 2.93. The summed E-state index contributed by atoms with van der Waals surface area (Å²) in [7, 11) is 0. The molecule has 0 radical (unpaired) electrons. The highest BCUT2D eigenvalue weighted by atomic mass is 16.7. The van der Waals surface area contributed by atoms with Crippen molar-refractivity contribution in [3.8, 4) is 0 Å². The number of fused-ring (bicyclic) bond motifs is 3. The second kappa shape index (κ2) is 5.91. The molecule has 23 heavy (non-hydrogen) atoms. The molecular formula is C16H28O7. The number of ether oxygens (including phenoxy) is 3. The van der Waals surface area contributed by atoms with E-state index in [2.05, 4.69) is 13.8 Å². The average Bonchev–Trinajstić information content (AvgIpc) is 2.48. The smallest absolute Gasteiger partial charge is 0.187 e. The minimum absolute atomic E-state index is 0.206. The van der Waals surface area contributed by atoms with E-state index in [4.69, 9.17) is 14.2 Å². The van der Waals surface area contributed by atoms with Crippen molar-refractivity contribution in [2.24, 2.45) is 5.92 Å². The molecule has 3 saturated heterocycles. The Balaban J connectivity index is 1.72. The lowest BCUT2D eigenvalue weighted by Gasteiger charge is -2.58. The highest BCUT2D eigenvalue weighted by molar-refractivity contribution is 5.04. The van der Waals surface area contributed by atoms with Gasteiger partial charge in [0.1, 0.15) is 24.4 Å². The number of aliphatic hydroxyl groups is 4. The van der Waals surface area contributed by atoms with Crippen LogP contribution in [-0.2, 0) is 14.2 Å². The van der Waals surface area contributed by atoms with Crippen LogP contribution < -0.4 is 0 Å². The molecule has 0 amide bonds. The Kier molecular flexibility index (Phi) is 4.51. The van der Waals surface area contributed by atoms with Gasteiger partial charge in [0.05, 0.1) is 23.9 Å². The fourth-order valence-corrected chi connectivity index (χ4v) is 4.22. The number of aliphatic hydroxyl groups excluding tert-OH is 4. The molecule has 1 saturated carbocycles. The molecule has 3 aliphatic heterocycles. The third-order valence-corrected chi connectivity index (χ3v) is 5.80. The summed E-state index contributed by atoms with van der Waals surface area (Å²) in [5.41, 5.74) is -0.681. The zero-order valence-corrected chi connectivity index (χ0v) is 13.9. The monoisotopic (exact) mass is 332 g/mol. The Morgan fingerprint density at radius 3 is 2.35 bits per heavy atom. The zero-order valence-electron chi connectivity index (χ0n) is 13.9. The van der Waals surface area contributed by atoms with Crippen molar-refractivity contribution >= 4 is 0 Å². The van der Waals surface area contributed by atoms with Gasteiger partial charge >= 0.3 is 0 Å². The van der Waals surface area contributed by atoms with Gasteiger partial charge < -0.3 is 34.6 Å². The first kappa shape index (κ1) is 17.5. The standard InChI is InChI=1S/C16H28O7/c1-15(2)8-4-5-16(3,23-15)10(6-8)22-14-13(20)12(19)11(18)9(7-17)21-14/h8-14,17-20H,4-7H2,1-3H3/t8-,9+,10+,11-,12-,13-,14+,16+/m1/s1. The maximum absolute atomic E-state index is 10.1. The Hall–Kier alpha value is -0.280. The van der Waals surface area contributed by atoms with Crippen molar-refractivity contribution in [1.29, 1.82) is 0 Å². The predicted molar refractivity (Wildman–Crippen MR) is 79.6 cm³/mol. The van der Waals surface area contributed by atoms with Gasteiger partial charge in [0.2, 0.25) is 0 Å². The van der Waals surface area contributed by atoms with E-state index in [1.165, 1.54) is 0 Å². The van der Waals surface area contributed by atoms with E-state index in [1.807, 2.05) is 6.92 Å². The van der Waals surface area contributed by atoms with Gasteiger partial charge in [0, 0.05) is 0 Å². The van der Waals surface area contributed by atoms with Gasteiger partial charge in [-0.05, 0) is 46.0 Å². The summed E-state index contributed by atoms with van der Waals surface area (Å²) < 4.78 is 17.6. The van der Waals surface area contributed by atoms with E-state index in [1.54, 1.807) is 0 Å². The molecule has 0 unspecified atom stereocenters. The molecule has 4 aliphatic rings. The van der Waals surface area contributed by atoms with Crippen molar-refractivity contribution in [2.45, 2.75) is 88.0 Å². The van der Waals surface area contributed by atoms with Crippen LogP contribution in [0.2, 0.25) is 0 Å². The summed E-state index contributed by atoms with van der Waals surface area (Å²) in [6.45, 7) is 5.70. The minimum Gasteiger partial charge on any atom is -0.394 e. The topological polar surface area (TPSA) is 109 Å². The maximum Gasteiger partial charge on any atom is 0.187 e. The quantitative estimate of drug-likeness (QED) is 0.554. The van der Waals surface area contributed by atoms with Gasteiger partial charge in [-0.1, -0.05) is 0 Å². The van der Waals surface area contributed by atoms with Crippen LogP contribution in [0, 0.1) is 5.92 Å². The van der Waals surface area contributed by atoms with E-state index >= 15 is 0 Å². The summed E-state index contributed by atoms with van der Waals surface area (Å²) in [5, 5.41) is 39.1. The van der Waals surface area contributed by atoms with Crippen LogP contribution in [0.3, 0.4) is 0 Å². The molecule has 8 atom stereocenters. The lowest BCUT2D eigenvalue weighted by atomic mass is 9.67. The van der Waals surface area contributed by atoms with Gasteiger partial charge in [-0.3, -0.25) is 0 Å². The van der Waals surface area contributed by atoms with Crippen LogP contribution >= 0.6 is 0 Å². The Morgan fingerprint density at radius 1 is 1.09 bits per heavy atom. The molecular weight excluding hydrogens is 304 g/mol. The molecule has 134 valence electrons. The van der Waals surface area contributed by atoms with Gasteiger partial charge in [-0.15, -0.1) is 0 Å². The molecule has 4 fully saturated rings. The SMILES string of the molecule is CC1(C)O[C@@]2(C)CC[C@@H]1C[C@@H]2O[C@@H]1O[C@@H](CO)[C@@H](O)[C@@H](O)[C@H]1O. The second-order valence-electron chi connectivity index (χ2n) is 7.81. The molecule has 0 aromatic rings. The Morgan fingerprint density at radius 2 is 1.78 bits per heavy atom. The Bertz CT molecular complexity index is 440. The van der Waals surface area contributed by atoms with Crippen LogP contribution in [-0.4, -0.2) is 75.0 Å². The minimum atomic E-state index is -1.42. The highest BCUT2D eigenvalue weighted by Gasteiger charge is 2.56. The second-order valence-corrected chi connectivity index (χ2v) is 7.81. The van der Waals surface area contributed by atoms with Crippen molar-refractivity contribution in [1.82, 2.24) is 0 Å². The molecule has 4 rings (SSSR count). The van der Waals surface area contributed by atoms with Crippen LogP contribution in [0.4, 0.5) is 0 Å². The van der Waals surface area contributed by atoms with E-state index in [9.17, 15) is 20.4 Å². The van der Waals surface area contributed by atoms with Gasteiger partial charge in [0.25, 0.3) is 0 Å². The molecule has 2 bridgehead atoms. The summed E-state index contributed by atoms with van der Waals surface area (Å²) in [4.78, 5) is 0. The van der Waals surface area contributed by atoms with E-state index in [-0.39, 0.29) is 11.7 Å². The number of hydrogen-bond acceptors (Lipinski definition) is 7. The predicted octanol–water partition coefficient (Wildman–Crippen LogP) is -0.461. The van der Waals surface area contributed by atoms with Crippen LogP contribution in [0.5, 0.6) is 0 Å². The largest absolute Gasteiger partial charge is 0.394 e. The van der Waals surface area contributed by atoms with Crippen LogP contribution in [0.1, 0.15) is 40.0 Å². The summed E-state index contributed by atoms with van der Waals surface area (Å²) in [6.07, 6.45) is -3.76. The lowest BCUT2D eigenvalue weighted by molar-refractivity contribution is -0.353. The first-order valence-corrected chi connectivity index (χ1v) is 8.34. The molecule has 1 aliphatic carbocycles. The number of rotatable bonds is 3. The van der Waals surface area contributed by atoms with E-state index < -0.39 is 42.9 Å². The fourth-order valence-electron chi connectivity index (χ4n) is 4.22. The van der Waals surface area contributed by atoms with Crippen molar-refractivity contribution in [3.63, 3.8) is 0 Å². The molecule has 0 aromatic carbocycles. The zero-order chi connectivity index (χ0) is 17.0. The molecule has 7 nitrogen and oxygen atoms in total. The average molecular weight is 332 g/mol. The van der Waals surface area contributed by atoms with E-state index in [0.29, 0.717) is 5.92 Å². The Labute approximate surface area is 136 Å². The molecule has 4 N–H and O–H groups in total. The maximum atomic E-state index is 10.1. The fraction of sp³-hybridized carbons (Fsp3) is 1.00. The first-order chi connectivity index (χ1) is 10.7. The molecule has 0 spiro atoms. The van der Waals surface area contributed by atoms with Gasteiger partial charge in [-0.2, -0.15) is 0 Å². The molecule has 7 heteroatoms. The lowest BCUT2D eigenvalue weighted by Crippen LogP contribution is -2.65. The van der Waals surface area contributed by atoms with Crippen molar-refractivity contribution in [3.05, 3.63) is 0 Å². The molecule has 0 aromatic heterocycles. The van der Waals surface area contributed by atoms with E-state index in [0.717, 1.165) is 19.3 Å². The number of hydrogen-bond donors (Lipinski definition) is 4.